The highest BCUT2D eigenvalue weighted by molar-refractivity contribution is 7.78. The number of hydrogen-bond donors (Lipinski definition) is 0. The minimum absolute atomic E-state index is 0.142. The normalized spacial score (nSPS) is 10.7. The molecule has 0 unspecified atom stereocenters. The molecule has 2 aromatic rings. The quantitative estimate of drug-likeness (QED) is 0.338. The van der Waals surface area contributed by atoms with Gasteiger partial charge in [-0.1, -0.05) is 65.8 Å². The molecule has 2 rings (SSSR count). The summed E-state index contributed by atoms with van der Waals surface area (Å²) in [4.78, 5) is 17.4. The Hall–Kier alpha value is -2.38. The molecule has 0 saturated carbocycles. The van der Waals surface area contributed by atoms with E-state index in [0.717, 1.165) is 5.69 Å². The summed E-state index contributed by atoms with van der Waals surface area (Å²) in [7, 11) is 0. The van der Waals surface area contributed by atoms with Crippen molar-refractivity contribution >= 4 is 34.8 Å². The first kappa shape index (κ1) is 21.7. The Morgan fingerprint density at radius 3 is 1.31 bits per heavy atom. The second-order valence-electron chi connectivity index (χ2n) is 8.00. The second kappa shape index (κ2) is 9.35. The van der Waals surface area contributed by atoms with Crippen LogP contribution in [0.4, 0.5) is 11.4 Å². The molecule has 0 radical (unpaired) electrons. The van der Waals surface area contributed by atoms with Crippen molar-refractivity contribution in [3.05, 3.63) is 59.7 Å². The molecule has 0 aliphatic rings. The fraction of sp³-hybridized carbons (Fsp3) is 0.364. The molecule has 26 heavy (non-hydrogen) atoms. The van der Waals surface area contributed by atoms with Gasteiger partial charge in [0.2, 0.25) is 6.08 Å². The fourth-order valence-electron chi connectivity index (χ4n) is 2.18. The van der Waals surface area contributed by atoms with Gasteiger partial charge in [-0.05, 0) is 58.4 Å². The third-order valence-corrected chi connectivity index (χ3v) is 3.91. The molecule has 0 aromatic heterocycles. The van der Waals surface area contributed by atoms with Crippen LogP contribution >= 0.6 is 12.2 Å². The van der Waals surface area contributed by atoms with E-state index in [9.17, 15) is 4.79 Å². The van der Waals surface area contributed by atoms with Crippen molar-refractivity contribution in [1.29, 1.82) is 0 Å². The van der Waals surface area contributed by atoms with Gasteiger partial charge < -0.3 is 0 Å². The highest BCUT2D eigenvalue weighted by atomic mass is 32.1. The molecule has 0 N–H and O–H groups in total. The van der Waals surface area contributed by atoms with E-state index >= 15 is 0 Å². The Morgan fingerprint density at radius 1 is 0.692 bits per heavy atom. The third-order valence-electron chi connectivity index (χ3n) is 3.82. The predicted molar refractivity (Wildman–Crippen MR) is 113 cm³/mol. The van der Waals surface area contributed by atoms with E-state index in [0.29, 0.717) is 5.69 Å². The summed E-state index contributed by atoms with van der Waals surface area (Å²) >= 11 is 4.52. The highest BCUT2D eigenvalue weighted by Gasteiger charge is 2.13. The first-order valence-electron chi connectivity index (χ1n) is 8.45. The molecule has 3 nitrogen and oxygen atoms in total. The van der Waals surface area contributed by atoms with Crippen LogP contribution in [0, 0.1) is 0 Å². The van der Waals surface area contributed by atoms with Gasteiger partial charge in [0.15, 0.2) is 0 Å². The van der Waals surface area contributed by atoms with Gasteiger partial charge in [-0.3, -0.25) is 0 Å². The minimum Gasteiger partial charge on any atom is -0.211 e. The van der Waals surface area contributed by atoms with Gasteiger partial charge in [-0.2, -0.15) is 9.98 Å². The van der Waals surface area contributed by atoms with E-state index in [1.54, 1.807) is 0 Å². The van der Waals surface area contributed by atoms with Crippen molar-refractivity contribution < 1.29 is 4.79 Å². The molecule has 2 aromatic carbocycles. The Kier molecular flexibility index (Phi) is 7.79. The van der Waals surface area contributed by atoms with Crippen molar-refractivity contribution in [2.75, 3.05) is 0 Å². The average molecular weight is 367 g/mol. The monoisotopic (exact) mass is 366 g/mol. The zero-order chi connectivity index (χ0) is 19.8. The number of benzene rings is 2. The fourth-order valence-corrected chi connectivity index (χ4v) is 2.28. The lowest BCUT2D eigenvalue weighted by Crippen LogP contribution is -2.10. The SMILES string of the molecule is CC(C)(C)c1ccc(N=C=O)cc1.CC(C)(C)c1ccc(N=C=S)cc1. The maximum Gasteiger partial charge on any atom is 0.240 e. The molecule has 0 bridgehead atoms. The van der Waals surface area contributed by atoms with Crippen LogP contribution in [0.3, 0.4) is 0 Å². The second-order valence-corrected chi connectivity index (χ2v) is 8.18. The largest absolute Gasteiger partial charge is 0.240 e. The van der Waals surface area contributed by atoms with Crippen LogP contribution in [-0.2, 0) is 15.6 Å². The summed E-state index contributed by atoms with van der Waals surface area (Å²) < 4.78 is 0. The number of hydrogen-bond acceptors (Lipinski definition) is 4. The molecule has 4 heteroatoms. The van der Waals surface area contributed by atoms with E-state index in [1.165, 1.54) is 17.2 Å². The van der Waals surface area contributed by atoms with Gasteiger partial charge in [0.1, 0.15) is 0 Å². The number of rotatable bonds is 2. The van der Waals surface area contributed by atoms with Gasteiger partial charge in [-0.25, -0.2) is 4.79 Å². The summed E-state index contributed by atoms with van der Waals surface area (Å²) in [5.41, 5.74) is 4.39. The van der Waals surface area contributed by atoms with Crippen molar-refractivity contribution in [1.82, 2.24) is 0 Å². The van der Waals surface area contributed by atoms with Crippen LogP contribution in [0.1, 0.15) is 52.7 Å². The van der Waals surface area contributed by atoms with Crippen molar-refractivity contribution in [3.8, 4) is 0 Å². The molecule has 0 saturated heterocycles. The van der Waals surface area contributed by atoms with Crippen LogP contribution in [0.15, 0.2) is 58.5 Å². The molecule has 0 fully saturated rings. The van der Waals surface area contributed by atoms with E-state index in [4.69, 9.17) is 0 Å². The maximum atomic E-state index is 9.96. The summed E-state index contributed by atoms with van der Waals surface area (Å²) in [6.07, 6.45) is 1.52. The highest BCUT2D eigenvalue weighted by Crippen LogP contribution is 2.25. The molecule has 0 aliphatic heterocycles. The van der Waals surface area contributed by atoms with E-state index < -0.39 is 0 Å². The van der Waals surface area contributed by atoms with Crippen LogP contribution in [0.2, 0.25) is 0 Å². The van der Waals surface area contributed by atoms with Gasteiger partial charge in [0, 0.05) is 0 Å². The van der Waals surface area contributed by atoms with Gasteiger partial charge in [0.05, 0.1) is 16.5 Å². The molecule has 0 aliphatic carbocycles. The molecule has 136 valence electrons. The zero-order valence-electron chi connectivity index (χ0n) is 16.3. The lowest BCUT2D eigenvalue weighted by Gasteiger charge is -2.18. The molecule has 0 atom stereocenters. The number of thiocarbonyl (C=S) groups is 1. The lowest BCUT2D eigenvalue weighted by atomic mass is 9.87. The number of isothiocyanates is 1. The number of carbonyl (C=O) groups excluding carboxylic acids is 1. The molecule has 0 amide bonds. The summed E-state index contributed by atoms with van der Waals surface area (Å²) in [6, 6.07) is 15.7. The van der Waals surface area contributed by atoms with Crippen LogP contribution in [0.25, 0.3) is 0 Å². The van der Waals surface area contributed by atoms with Crippen LogP contribution in [-0.4, -0.2) is 11.2 Å². The van der Waals surface area contributed by atoms with Crippen LogP contribution in [0.5, 0.6) is 0 Å². The van der Waals surface area contributed by atoms with Gasteiger partial charge in [-0.15, -0.1) is 0 Å². The van der Waals surface area contributed by atoms with Crippen molar-refractivity contribution in [2.45, 2.75) is 52.4 Å². The standard InChI is InChI=1S/C11H13NO.C11H13NS/c2*1-11(2,3)9-4-6-10(7-5-9)12-8-13/h2*4-7H,1-3H3. The molecule has 0 spiro atoms. The Bertz CT molecular complexity index is 726. The number of aliphatic imine (C=N–C) groups is 2. The topological polar surface area (TPSA) is 41.8 Å². The van der Waals surface area contributed by atoms with Crippen LogP contribution < -0.4 is 0 Å². The van der Waals surface area contributed by atoms with Crippen molar-refractivity contribution in [3.63, 3.8) is 0 Å². The van der Waals surface area contributed by atoms with E-state index in [1.807, 2.05) is 36.4 Å². The molecular formula is C22H26N2OS. The first-order chi connectivity index (χ1) is 12.1. The van der Waals surface area contributed by atoms with Gasteiger partial charge >= 0.3 is 0 Å². The minimum atomic E-state index is 0.142. The number of nitrogens with zero attached hydrogens (tertiary/aromatic N) is 2. The Labute approximate surface area is 161 Å². The van der Waals surface area contributed by atoms with Gasteiger partial charge in [0.25, 0.3) is 0 Å². The number of isocyanates is 1. The zero-order valence-corrected chi connectivity index (χ0v) is 17.1. The Morgan fingerprint density at radius 2 is 1.04 bits per heavy atom. The smallest absolute Gasteiger partial charge is 0.211 e. The predicted octanol–water partition coefficient (Wildman–Crippen LogP) is 6.67. The third kappa shape index (κ3) is 7.25. The molecule has 0 heterocycles. The summed E-state index contributed by atoms with van der Waals surface area (Å²) in [5.74, 6) is 0. The lowest BCUT2D eigenvalue weighted by molar-refractivity contribution is 0.565. The molecular weight excluding hydrogens is 340 g/mol. The first-order valence-corrected chi connectivity index (χ1v) is 8.85. The summed E-state index contributed by atoms with van der Waals surface area (Å²) in [5, 5.41) is 2.35. The average Bonchev–Trinajstić information content (AvgIpc) is 2.55. The van der Waals surface area contributed by atoms with E-state index in [-0.39, 0.29) is 10.8 Å². The Balaban J connectivity index is 0.000000260. The van der Waals surface area contributed by atoms with Crippen molar-refractivity contribution in [2.24, 2.45) is 9.98 Å². The van der Waals surface area contributed by atoms with E-state index in [2.05, 4.69) is 81.0 Å². The maximum absolute atomic E-state index is 9.96. The summed E-state index contributed by atoms with van der Waals surface area (Å²) in [6.45, 7) is 13.0.